The molecule has 0 atom stereocenters. The van der Waals surface area contributed by atoms with Crippen LogP contribution in [0.4, 0.5) is 0 Å². The van der Waals surface area contributed by atoms with Crippen LogP contribution in [0.15, 0.2) is 24.3 Å². The predicted octanol–water partition coefficient (Wildman–Crippen LogP) is 9.47. The Balaban J connectivity index is 1.55. The first-order valence-electron chi connectivity index (χ1n) is 10.4. The minimum absolute atomic E-state index is 0.0629. The van der Waals surface area contributed by atoms with Crippen molar-refractivity contribution < 1.29 is 0 Å². The second-order valence-corrected chi connectivity index (χ2v) is 14.5. The van der Waals surface area contributed by atoms with Gasteiger partial charge in [0.15, 0.2) is 0 Å². The van der Waals surface area contributed by atoms with E-state index in [9.17, 15) is 0 Å². The van der Waals surface area contributed by atoms with Gasteiger partial charge in [0.05, 0.1) is 9.40 Å². The highest BCUT2D eigenvalue weighted by atomic mass is 32.1. The van der Waals surface area contributed by atoms with E-state index in [0.29, 0.717) is 0 Å². The fraction of sp³-hybridized carbons (Fsp3) is 0.308. The van der Waals surface area contributed by atoms with Gasteiger partial charge in [0, 0.05) is 39.7 Å². The fourth-order valence-electron chi connectivity index (χ4n) is 5.80. The summed E-state index contributed by atoms with van der Waals surface area (Å²) in [7, 11) is 0. The zero-order valence-corrected chi connectivity index (χ0v) is 21.2. The Kier molecular flexibility index (Phi) is 3.20. The van der Waals surface area contributed by atoms with E-state index in [1.54, 1.807) is 11.1 Å². The van der Waals surface area contributed by atoms with Crippen molar-refractivity contribution in [2.24, 2.45) is 0 Å². The lowest BCUT2D eigenvalue weighted by atomic mass is 9.79. The number of fused-ring (bicyclic) bond motifs is 10. The van der Waals surface area contributed by atoms with E-state index in [2.05, 4.69) is 65.8 Å². The molecule has 4 heteroatoms. The molecule has 0 spiro atoms. The summed E-state index contributed by atoms with van der Waals surface area (Å²) in [6, 6.07) is 9.88. The van der Waals surface area contributed by atoms with Crippen LogP contribution >= 0.6 is 45.3 Å². The molecule has 1 aromatic carbocycles. The largest absolute Gasteiger partial charge is 0.139 e. The van der Waals surface area contributed by atoms with Gasteiger partial charge < -0.3 is 0 Å². The number of hydrogen-bond acceptors (Lipinski definition) is 4. The van der Waals surface area contributed by atoms with Crippen LogP contribution in [0, 0.1) is 13.8 Å². The molecule has 0 nitrogen and oxygen atoms in total. The molecule has 30 heavy (non-hydrogen) atoms. The minimum Gasteiger partial charge on any atom is -0.139 e. The first-order chi connectivity index (χ1) is 14.2. The Morgan fingerprint density at radius 2 is 0.967 bits per heavy atom. The molecule has 2 aliphatic rings. The van der Waals surface area contributed by atoms with Crippen molar-refractivity contribution in [3.63, 3.8) is 0 Å². The van der Waals surface area contributed by atoms with Crippen molar-refractivity contribution in [2.75, 3.05) is 0 Å². The molecule has 0 N–H and O–H groups in total. The molecule has 150 valence electrons. The third-order valence-electron chi connectivity index (χ3n) is 7.22. The van der Waals surface area contributed by atoms with Crippen LogP contribution in [0.5, 0.6) is 0 Å². The van der Waals surface area contributed by atoms with Crippen molar-refractivity contribution in [3.8, 4) is 20.9 Å². The van der Waals surface area contributed by atoms with E-state index in [4.69, 9.17) is 0 Å². The van der Waals surface area contributed by atoms with E-state index < -0.39 is 0 Å². The maximum atomic E-state index is 2.56. The molecule has 0 aliphatic heterocycles. The topological polar surface area (TPSA) is 0 Å². The molecule has 5 aromatic rings. The lowest BCUT2D eigenvalue weighted by Gasteiger charge is -2.24. The second kappa shape index (κ2) is 5.29. The van der Waals surface area contributed by atoms with E-state index in [-0.39, 0.29) is 10.8 Å². The Hall–Kier alpha value is -1.46. The van der Waals surface area contributed by atoms with Crippen LogP contribution in [-0.2, 0) is 10.8 Å². The summed E-state index contributed by atoms with van der Waals surface area (Å²) in [5.41, 5.74) is 9.28. The molecule has 0 saturated carbocycles. The molecule has 2 aliphatic carbocycles. The van der Waals surface area contributed by atoms with E-state index in [1.807, 2.05) is 45.3 Å². The zero-order chi connectivity index (χ0) is 20.7. The van der Waals surface area contributed by atoms with Crippen molar-refractivity contribution in [1.82, 2.24) is 0 Å². The Bertz CT molecular complexity index is 1440. The second-order valence-electron chi connectivity index (χ2n) is 9.91. The summed E-state index contributed by atoms with van der Waals surface area (Å²) >= 11 is 7.96. The van der Waals surface area contributed by atoms with Gasteiger partial charge in [-0.05, 0) is 71.5 Å². The number of aryl methyl sites for hydroxylation is 2. The SMILES string of the molecule is Cc1cc2sc3c(c2s1)C(C)(C)c1cc2c(cc1-3)C(C)(C)c1c-2sc2cc(C)sc12. The van der Waals surface area contributed by atoms with Crippen LogP contribution in [0.2, 0.25) is 0 Å². The van der Waals surface area contributed by atoms with Crippen molar-refractivity contribution in [1.29, 1.82) is 0 Å². The summed E-state index contributed by atoms with van der Waals surface area (Å²) in [6.07, 6.45) is 0. The fourth-order valence-corrected chi connectivity index (χ4v) is 11.6. The molecular formula is C26H22S4. The van der Waals surface area contributed by atoms with E-state index in [1.165, 1.54) is 60.6 Å². The van der Waals surface area contributed by atoms with Gasteiger partial charge in [0.25, 0.3) is 0 Å². The molecule has 0 fully saturated rings. The highest BCUT2D eigenvalue weighted by Crippen LogP contribution is 2.62. The summed E-state index contributed by atoms with van der Waals surface area (Å²) in [5.74, 6) is 0. The Labute approximate surface area is 192 Å². The summed E-state index contributed by atoms with van der Waals surface area (Å²) in [4.78, 5) is 5.88. The number of hydrogen-bond donors (Lipinski definition) is 0. The molecule has 0 amide bonds. The first kappa shape index (κ1) is 18.1. The predicted molar refractivity (Wildman–Crippen MR) is 138 cm³/mol. The van der Waals surface area contributed by atoms with Crippen molar-refractivity contribution >= 4 is 64.1 Å². The van der Waals surface area contributed by atoms with Crippen LogP contribution in [0.3, 0.4) is 0 Å². The lowest BCUT2D eigenvalue weighted by molar-refractivity contribution is 0.659. The molecule has 0 radical (unpaired) electrons. The summed E-state index contributed by atoms with van der Waals surface area (Å²) in [6.45, 7) is 14.2. The van der Waals surface area contributed by atoms with Gasteiger partial charge in [0.2, 0.25) is 0 Å². The van der Waals surface area contributed by atoms with Gasteiger partial charge >= 0.3 is 0 Å². The third-order valence-corrected chi connectivity index (χ3v) is 12.0. The summed E-state index contributed by atoms with van der Waals surface area (Å²) in [5, 5.41) is 0. The Morgan fingerprint density at radius 3 is 1.37 bits per heavy atom. The van der Waals surface area contributed by atoms with Gasteiger partial charge in [-0.15, -0.1) is 45.3 Å². The molecule has 7 rings (SSSR count). The smallest absolute Gasteiger partial charge is 0.0500 e. The molecule has 4 aromatic heterocycles. The van der Waals surface area contributed by atoms with Gasteiger partial charge in [-0.3, -0.25) is 0 Å². The van der Waals surface area contributed by atoms with E-state index in [0.717, 1.165) is 0 Å². The zero-order valence-electron chi connectivity index (χ0n) is 17.9. The normalized spacial score (nSPS) is 17.5. The van der Waals surface area contributed by atoms with Crippen LogP contribution in [0.25, 0.3) is 39.7 Å². The first-order valence-corrected chi connectivity index (χ1v) is 13.7. The lowest BCUT2D eigenvalue weighted by Crippen LogP contribution is -2.17. The van der Waals surface area contributed by atoms with Crippen molar-refractivity contribution in [3.05, 3.63) is 56.3 Å². The minimum atomic E-state index is 0.0629. The maximum absolute atomic E-state index is 2.56. The standard InChI is InChI=1S/C26H22S4/c1-11-7-17-23(27-11)19-21(29-17)13-9-16-14(10-15(13)25(19,3)4)22-20(26(16,5)6)24-18(30-22)8-12(2)28-24/h7-10H,1-6H3. The van der Waals surface area contributed by atoms with Gasteiger partial charge in [0.1, 0.15) is 0 Å². The monoisotopic (exact) mass is 462 g/mol. The van der Waals surface area contributed by atoms with Crippen molar-refractivity contribution in [2.45, 2.75) is 52.4 Å². The molecule has 4 heterocycles. The van der Waals surface area contributed by atoms with Gasteiger partial charge in [-0.25, -0.2) is 0 Å². The average molecular weight is 463 g/mol. The molecule has 0 saturated heterocycles. The average Bonchev–Trinajstić information content (AvgIpc) is 3.41. The van der Waals surface area contributed by atoms with E-state index >= 15 is 0 Å². The van der Waals surface area contributed by atoms with Crippen LogP contribution < -0.4 is 0 Å². The molecule has 0 bridgehead atoms. The molecular weight excluding hydrogens is 441 g/mol. The summed E-state index contributed by atoms with van der Waals surface area (Å²) < 4.78 is 5.97. The number of benzene rings is 1. The maximum Gasteiger partial charge on any atom is 0.0500 e. The van der Waals surface area contributed by atoms with Gasteiger partial charge in [-0.2, -0.15) is 0 Å². The number of rotatable bonds is 0. The van der Waals surface area contributed by atoms with Crippen LogP contribution in [0.1, 0.15) is 59.7 Å². The van der Waals surface area contributed by atoms with Gasteiger partial charge in [-0.1, -0.05) is 27.7 Å². The molecule has 0 unspecified atom stereocenters. The third kappa shape index (κ3) is 1.94. The highest BCUT2D eigenvalue weighted by molar-refractivity contribution is 7.30. The van der Waals surface area contributed by atoms with Crippen LogP contribution in [-0.4, -0.2) is 0 Å². The Morgan fingerprint density at radius 1 is 0.567 bits per heavy atom. The highest BCUT2D eigenvalue weighted by Gasteiger charge is 2.45. The quantitative estimate of drug-likeness (QED) is 0.215. The number of thiophene rings is 4.